The van der Waals surface area contributed by atoms with Gasteiger partial charge in [-0.3, -0.25) is 0 Å². The number of benzene rings is 2. The Morgan fingerprint density at radius 1 is 1.05 bits per heavy atom. The van der Waals surface area contributed by atoms with E-state index in [1.807, 2.05) is 6.92 Å². The van der Waals surface area contributed by atoms with Gasteiger partial charge in [0.1, 0.15) is 5.75 Å². The zero-order valence-electron chi connectivity index (χ0n) is 11.5. The van der Waals surface area contributed by atoms with Gasteiger partial charge in [0.15, 0.2) is 0 Å². The summed E-state index contributed by atoms with van der Waals surface area (Å²) < 4.78 is 43.5. The number of hydrogen-bond donors (Lipinski definition) is 1. The second-order valence-corrected chi connectivity index (χ2v) is 4.60. The van der Waals surface area contributed by atoms with Crippen LogP contribution in [0.4, 0.5) is 13.2 Å². The van der Waals surface area contributed by atoms with Crippen LogP contribution in [0, 0.1) is 0 Å². The molecule has 1 atom stereocenters. The van der Waals surface area contributed by atoms with Crippen LogP contribution in [-0.2, 0) is 6.18 Å². The molecule has 2 N–H and O–H groups in total. The summed E-state index contributed by atoms with van der Waals surface area (Å²) in [5.74, 6) is 0.706. The van der Waals surface area contributed by atoms with E-state index in [1.54, 1.807) is 30.3 Å². The summed E-state index contributed by atoms with van der Waals surface area (Å²) in [5, 5.41) is 0. The van der Waals surface area contributed by atoms with Gasteiger partial charge < -0.3 is 10.5 Å². The lowest BCUT2D eigenvalue weighted by Crippen LogP contribution is -2.13. The molecule has 0 aliphatic carbocycles. The SMILES string of the molecule is CCOc1ccc(C(N)c2cccc(C(F)(F)F)c2)cc1. The Morgan fingerprint density at radius 3 is 2.29 bits per heavy atom. The lowest BCUT2D eigenvalue weighted by Gasteiger charge is -2.15. The van der Waals surface area contributed by atoms with Crippen LogP contribution in [0.1, 0.15) is 29.7 Å². The quantitative estimate of drug-likeness (QED) is 0.919. The Morgan fingerprint density at radius 2 is 1.71 bits per heavy atom. The number of ether oxygens (including phenoxy) is 1. The highest BCUT2D eigenvalue weighted by Gasteiger charge is 2.30. The normalized spacial score (nSPS) is 13.0. The Balaban J connectivity index is 2.25. The minimum atomic E-state index is -4.37. The number of halogens is 3. The third-order valence-electron chi connectivity index (χ3n) is 3.12. The highest BCUT2D eigenvalue weighted by atomic mass is 19.4. The van der Waals surface area contributed by atoms with Crippen molar-refractivity contribution in [2.45, 2.75) is 19.1 Å². The lowest BCUT2D eigenvalue weighted by molar-refractivity contribution is -0.137. The maximum atomic E-state index is 12.7. The van der Waals surface area contributed by atoms with Crippen molar-refractivity contribution in [3.05, 3.63) is 65.2 Å². The van der Waals surface area contributed by atoms with Crippen LogP contribution in [-0.4, -0.2) is 6.61 Å². The van der Waals surface area contributed by atoms with Gasteiger partial charge in [0, 0.05) is 0 Å². The molecular weight excluding hydrogens is 279 g/mol. The van der Waals surface area contributed by atoms with E-state index >= 15 is 0 Å². The fraction of sp³-hybridized carbons (Fsp3) is 0.250. The smallest absolute Gasteiger partial charge is 0.416 e. The molecule has 0 aromatic heterocycles. The van der Waals surface area contributed by atoms with Gasteiger partial charge in [-0.05, 0) is 42.3 Å². The van der Waals surface area contributed by atoms with Gasteiger partial charge in [-0.1, -0.05) is 24.3 Å². The first-order valence-electron chi connectivity index (χ1n) is 6.57. The summed E-state index contributed by atoms with van der Waals surface area (Å²) in [7, 11) is 0. The first-order valence-corrected chi connectivity index (χ1v) is 6.57. The molecule has 0 saturated carbocycles. The average Bonchev–Trinajstić information content (AvgIpc) is 2.47. The minimum Gasteiger partial charge on any atom is -0.494 e. The van der Waals surface area contributed by atoms with Gasteiger partial charge in [-0.15, -0.1) is 0 Å². The third kappa shape index (κ3) is 3.76. The second kappa shape index (κ2) is 6.18. The molecule has 0 spiro atoms. The number of nitrogens with two attached hydrogens (primary N) is 1. The van der Waals surface area contributed by atoms with Gasteiger partial charge in [0.2, 0.25) is 0 Å². The van der Waals surface area contributed by atoms with E-state index < -0.39 is 17.8 Å². The summed E-state index contributed by atoms with van der Waals surface area (Å²) in [6.07, 6.45) is -4.37. The molecule has 2 nitrogen and oxygen atoms in total. The molecule has 0 amide bonds. The highest BCUT2D eigenvalue weighted by molar-refractivity contribution is 5.37. The van der Waals surface area contributed by atoms with Gasteiger partial charge >= 0.3 is 6.18 Å². The van der Waals surface area contributed by atoms with Gasteiger partial charge in [0.05, 0.1) is 18.2 Å². The van der Waals surface area contributed by atoms with E-state index in [0.717, 1.165) is 17.7 Å². The van der Waals surface area contributed by atoms with Crippen LogP contribution in [0.3, 0.4) is 0 Å². The van der Waals surface area contributed by atoms with Crippen LogP contribution >= 0.6 is 0 Å². The Bertz CT molecular complexity index is 593. The molecule has 0 saturated heterocycles. The van der Waals surface area contributed by atoms with Crippen molar-refractivity contribution in [3.63, 3.8) is 0 Å². The van der Waals surface area contributed by atoms with Crippen molar-refractivity contribution in [1.82, 2.24) is 0 Å². The third-order valence-corrected chi connectivity index (χ3v) is 3.12. The molecule has 0 fully saturated rings. The first-order chi connectivity index (χ1) is 9.91. The molecule has 0 aliphatic rings. The van der Waals surface area contributed by atoms with E-state index in [1.165, 1.54) is 6.07 Å². The van der Waals surface area contributed by atoms with Crippen LogP contribution < -0.4 is 10.5 Å². The second-order valence-electron chi connectivity index (χ2n) is 4.60. The molecule has 2 rings (SSSR count). The number of rotatable bonds is 4. The molecule has 0 heterocycles. The minimum absolute atomic E-state index is 0.425. The van der Waals surface area contributed by atoms with Crippen LogP contribution in [0.15, 0.2) is 48.5 Å². The molecule has 0 radical (unpaired) electrons. The largest absolute Gasteiger partial charge is 0.494 e. The highest BCUT2D eigenvalue weighted by Crippen LogP contribution is 2.31. The number of hydrogen-bond acceptors (Lipinski definition) is 2. The van der Waals surface area contributed by atoms with Gasteiger partial charge in [0.25, 0.3) is 0 Å². The predicted molar refractivity (Wildman–Crippen MR) is 75.1 cm³/mol. The summed E-state index contributed by atoms with van der Waals surface area (Å²) in [4.78, 5) is 0. The molecule has 21 heavy (non-hydrogen) atoms. The Hall–Kier alpha value is -2.01. The van der Waals surface area contributed by atoms with E-state index in [9.17, 15) is 13.2 Å². The van der Waals surface area contributed by atoms with Crippen molar-refractivity contribution in [1.29, 1.82) is 0 Å². The van der Waals surface area contributed by atoms with E-state index in [2.05, 4.69) is 0 Å². The summed E-state index contributed by atoms with van der Waals surface area (Å²) in [6.45, 7) is 2.43. The fourth-order valence-corrected chi connectivity index (χ4v) is 2.04. The Labute approximate surface area is 121 Å². The molecular formula is C16H16F3NO. The van der Waals surface area contributed by atoms with Crippen LogP contribution in [0.2, 0.25) is 0 Å². The first kappa shape index (κ1) is 15.4. The molecule has 5 heteroatoms. The fourth-order valence-electron chi connectivity index (χ4n) is 2.04. The summed E-state index contributed by atoms with van der Waals surface area (Å²) in [5.41, 5.74) is 6.51. The van der Waals surface area contributed by atoms with Crippen LogP contribution in [0.25, 0.3) is 0 Å². The van der Waals surface area contributed by atoms with E-state index in [-0.39, 0.29) is 0 Å². The molecule has 2 aromatic carbocycles. The lowest BCUT2D eigenvalue weighted by atomic mass is 9.98. The van der Waals surface area contributed by atoms with E-state index in [4.69, 9.17) is 10.5 Å². The molecule has 112 valence electrons. The van der Waals surface area contributed by atoms with Crippen molar-refractivity contribution in [2.75, 3.05) is 6.61 Å². The average molecular weight is 295 g/mol. The van der Waals surface area contributed by atoms with Crippen LogP contribution in [0.5, 0.6) is 5.75 Å². The standard InChI is InChI=1S/C16H16F3NO/c1-2-21-14-8-6-11(7-9-14)15(20)12-4-3-5-13(10-12)16(17,18)19/h3-10,15H,2,20H2,1H3. The predicted octanol–water partition coefficient (Wildman–Crippen LogP) is 4.15. The maximum absolute atomic E-state index is 12.7. The molecule has 1 unspecified atom stereocenters. The number of alkyl halides is 3. The van der Waals surface area contributed by atoms with Crippen molar-refractivity contribution in [2.24, 2.45) is 5.73 Å². The molecule has 2 aromatic rings. The maximum Gasteiger partial charge on any atom is 0.416 e. The van der Waals surface area contributed by atoms with Gasteiger partial charge in [-0.25, -0.2) is 0 Å². The zero-order valence-corrected chi connectivity index (χ0v) is 11.5. The zero-order chi connectivity index (χ0) is 15.5. The van der Waals surface area contributed by atoms with E-state index in [0.29, 0.717) is 17.9 Å². The molecule has 0 aliphatic heterocycles. The Kier molecular flexibility index (Phi) is 4.53. The van der Waals surface area contributed by atoms with Gasteiger partial charge in [-0.2, -0.15) is 13.2 Å². The molecule has 0 bridgehead atoms. The van der Waals surface area contributed by atoms with Crippen molar-refractivity contribution < 1.29 is 17.9 Å². The monoisotopic (exact) mass is 295 g/mol. The summed E-state index contributed by atoms with van der Waals surface area (Å²) >= 11 is 0. The topological polar surface area (TPSA) is 35.2 Å². The van der Waals surface area contributed by atoms with Crippen molar-refractivity contribution in [3.8, 4) is 5.75 Å². The van der Waals surface area contributed by atoms with Crippen molar-refractivity contribution >= 4 is 0 Å². The summed E-state index contributed by atoms with van der Waals surface area (Å²) in [6, 6.07) is 11.5.